The van der Waals surface area contributed by atoms with Gasteiger partial charge < -0.3 is 11.1 Å². The highest BCUT2D eigenvalue weighted by molar-refractivity contribution is 4.85. The summed E-state index contributed by atoms with van der Waals surface area (Å²) in [5, 5.41) is 3.05. The molecule has 0 aliphatic rings. The Hall–Kier alpha value is -0.340. The van der Waals surface area contributed by atoms with Crippen LogP contribution in [0.25, 0.3) is 0 Å². The molecule has 2 nitrogen and oxygen atoms in total. The largest absolute Gasteiger partial charge is 0.329 e. The van der Waals surface area contributed by atoms with Crippen LogP contribution in [0, 0.1) is 0 Å². The predicted octanol–water partition coefficient (Wildman–Crippen LogP) is -0.258. The Labute approximate surface area is 50.8 Å². The first-order chi connectivity index (χ1) is 3.81. The number of rotatable bonds is 3. The lowest BCUT2D eigenvalue weighted by molar-refractivity contribution is -0.306. The van der Waals surface area contributed by atoms with E-state index in [2.05, 4.69) is 11.1 Å². The second-order valence-corrected chi connectivity index (χ2v) is 1.80. The normalized spacial score (nSPS) is 12.1. The molecule has 48 valence electrons. The fourth-order valence-corrected chi connectivity index (χ4v) is 0.430. The zero-order valence-electron chi connectivity index (χ0n) is 5.70. The molecule has 2 heteroatoms. The summed E-state index contributed by atoms with van der Waals surface area (Å²) < 4.78 is 0. The molecule has 0 radical (unpaired) electrons. The van der Waals surface area contributed by atoms with Crippen LogP contribution >= 0.6 is 0 Å². The molecule has 0 atom stereocenters. The summed E-state index contributed by atoms with van der Waals surface area (Å²) in [5.74, 6) is 0. The number of hydrogen-bond donors (Lipinski definition) is 2. The number of allylic oxidation sites excluding steroid dienone is 1. The third-order valence-corrected chi connectivity index (χ3v) is 1.10. The summed E-state index contributed by atoms with van der Waals surface area (Å²) in [6, 6.07) is 0. The van der Waals surface area contributed by atoms with Crippen molar-refractivity contribution in [3.05, 3.63) is 11.8 Å². The average Bonchev–Trinajstić information content (AvgIpc) is 1.83. The lowest BCUT2D eigenvalue weighted by Gasteiger charge is -1.93. The Morgan fingerprint density at radius 1 is 1.75 bits per heavy atom. The molecule has 0 fully saturated rings. The van der Waals surface area contributed by atoms with Gasteiger partial charge in [-0.05, 0) is 20.0 Å². The summed E-state index contributed by atoms with van der Waals surface area (Å²) in [6.07, 6.45) is 3.10. The molecule has 0 aliphatic carbocycles. The minimum absolute atomic E-state index is 1.03. The summed E-state index contributed by atoms with van der Waals surface area (Å²) in [5.41, 5.74) is 5.02. The fourth-order valence-electron chi connectivity index (χ4n) is 0.430. The van der Waals surface area contributed by atoms with E-state index < -0.39 is 0 Å². The Morgan fingerprint density at radius 2 is 2.38 bits per heavy atom. The van der Waals surface area contributed by atoms with E-state index in [9.17, 15) is 0 Å². The van der Waals surface area contributed by atoms with Gasteiger partial charge >= 0.3 is 0 Å². The van der Waals surface area contributed by atoms with E-state index in [0.717, 1.165) is 13.0 Å². The van der Waals surface area contributed by atoms with Gasteiger partial charge in [0.25, 0.3) is 0 Å². The maximum Gasteiger partial charge on any atom is 0.101 e. The Kier molecular flexibility index (Phi) is 4.61. The van der Waals surface area contributed by atoms with Crippen LogP contribution in [-0.4, -0.2) is 13.6 Å². The smallest absolute Gasteiger partial charge is 0.101 e. The minimum Gasteiger partial charge on any atom is -0.329 e. The van der Waals surface area contributed by atoms with E-state index in [1.54, 1.807) is 0 Å². The fraction of sp³-hybridized carbons (Fsp3) is 0.667. The van der Waals surface area contributed by atoms with Gasteiger partial charge in [0.05, 0.1) is 0 Å². The van der Waals surface area contributed by atoms with Crippen molar-refractivity contribution in [2.45, 2.75) is 13.3 Å². The van der Waals surface area contributed by atoms with E-state index >= 15 is 0 Å². The first-order valence-electron chi connectivity index (χ1n) is 2.93. The molecule has 0 aromatic rings. The second-order valence-electron chi connectivity index (χ2n) is 1.80. The molecule has 0 bridgehead atoms. The third kappa shape index (κ3) is 3.84. The molecule has 0 aromatic carbocycles. The first-order valence-corrected chi connectivity index (χ1v) is 2.93. The first kappa shape index (κ1) is 7.66. The van der Waals surface area contributed by atoms with Crippen LogP contribution in [0.2, 0.25) is 0 Å². The molecule has 0 aromatic heterocycles. The summed E-state index contributed by atoms with van der Waals surface area (Å²) in [4.78, 5) is 0. The standard InChI is InChI=1S/C6H14N2/c1-3-6(7)4-5-8-2/h3,8H,4-5,7H2,1-2H3/p+1/b6-3-. The third-order valence-electron chi connectivity index (χ3n) is 1.10. The number of nitrogens with one attached hydrogen (secondary N) is 1. The molecule has 8 heavy (non-hydrogen) atoms. The van der Waals surface area contributed by atoms with Crippen molar-refractivity contribution >= 4 is 0 Å². The highest BCUT2D eigenvalue weighted by Gasteiger charge is 1.88. The van der Waals surface area contributed by atoms with Crippen LogP contribution in [0.15, 0.2) is 11.8 Å². The zero-order chi connectivity index (χ0) is 6.41. The summed E-state index contributed by atoms with van der Waals surface area (Å²) >= 11 is 0. The van der Waals surface area contributed by atoms with E-state index in [0.29, 0.717) is 0 Å². The van der Waals surface area contributed by atoms with Crippen LogP contribution < -0.4 is 11.1 Å². The minimum atomic E-state index is 1.03. The van der Waals surface area contributed by atoms with Gasteiger partial charge in [-0.2, -0.15) is 0 Å². The molecule has 0 heterocycles. The monoisotopic (exact) mass is 115 g/mol. The van der Waals surface area contributed by atoms with Crippen molar-refractivity contribution < 1.29 is 5.73 Å². The molecular weight excluding hydrogens is 100 g/mol. The molecule has 0 rings (SSSR count). The lowest BCUT2D eigenvalue weighted by atomic mass is 10.3. The molecule has 0 saturated heterocycles. The Balaban J connectivity index is 3.12. The SMILES string of the molecule is C/C=C(\[NH3+])CCNC. The zero-order valence-corrected chi connectivity index (χ0v) is 5.70. The van der Waals surface area contributed by atoms with Gasteiger partial charge in [0.2, 0.25) is 0 Å². The summed E-state index contributed by atoms with van der Waals surface area (Å²) in [6.45, 7) is 3.04. The van der Waals surface area contributed by atoms with Gasteiger partial charge in [0.15, 0.2) is 0 Å². The maximum absolute atomic E-state index is 3.82. The van der Waals surface area contributed by atoms with Gasteiger partial charge in [0, 0.05) is 13.0 Å². The van der Waals surface area contributed by atoms with Crippen LogP contribution in [0.5, 0.6) is 0 Å². The Morgan fingerprint density at radius 3 is 2.75 bits per heavy atom. The van der Waals surface area contributed by atoms with Crippen molar-refractivity contribution in [2.75, 3.05) is 13.6 Å². The topological polar surface area (TPSA) is 39.7 Å². The van der Waals surface area contributed by atoms with E-state index in [1.807, 2.05) is 20.0 Å². The maximum atomic E-state index is 3.82. The average molecular weight is 115 g/mol. The van der Waals surface area contributed by atoms with Crippen LogP contribution in [0.1, 0.15) is 13.3 Å². The quantitative estimate of drug-likeness (QED) is 0.522. The van der Waals surface area contributed by atoms with Crippen molar-refractivity contribution in [1.82, 2.24) is 5.32 Å². The Bertz CT molecular complexity index is 76.6. The molecule has 0 saturated carbocycles. The molecule has 0 aliphatic heterocycles. The van der Waals surface area contributed by atoms with Gasteiger partial charge in [-0.1, -0.05) is 0 Å². The molecule has 0 spiro atoms. The van der Waals surface area contributed by atoms with Crippen molar-refractivity contribution in [3.63, 3.8) is 0 Å². The lowest BCUT2D eigenvalue weighted by Crippen LogP contribution is -2.48. The van der Waals surface area contributed by atoms with Gasteiger partial charge in [-0.15, -0.1) is 0 Å². The number of quaternary nitrogens is 1. The highest BCUT2D eigenvalue weighted by atomic mass is 14.8. The van der Waals surface area contributed by atoms with E-state index in [4.69, 9.17) is 0 Å². The van der Waals surface area contributed by atoms with Crippen molar-refractivity contribution in [1.29, 1.82) is 0 Å². The van der Waals surface area contributed by atoms with Crippen LogP contribution in [0.4, 0.5) is 0 Å². The molecule has 4 N–H and O–H groups in total. The van der Waals surface area contributed by atoms with Crippen molar-refractivity contribution in [2.24, 2.45) is 0 Å². The van der Waals surface area contributed by atoms with E-state index in [1.165, 1.54) is 5.70 Å². The highest BCUT2D eigenvalue weighted by Crippen LogP contribution is 1.84. The predicted molar refractivity (Wildman–Crippen MR) is 35.2 cm³/mol. The van der Waals surface area contributed by atoms with Crippen LogP contribution in [-0.2, 0) is 0 Å². The number of hydrogen-bond acceptors (Lipinski definition) is 1. The molecule has 0 amide bonds. The summed E-state index contributed by atoms with van der Waals surface area (Å²) in [7, 11) is 1.95. The van der Waals surface area contributed by atoms with Gasteiger partial charge in [-0.25, -0.2) is 0 Å². The van der Waals surface area contributed by atoms with Crippen LogP contribution in [0.3, 0.4) is 0 Å². The molecular formula is C6H15N2+. The van der Waals surface area contributed by atoms with Crippen molar-refractivity contribution in [3.8, 4) is 0 Å². The van der Waals surface area contributed by atoms with Gasteiger partial charge in [0.1, 0.15) is 5.70 Å². The molecule has 0 unspecified atom stereocenters. The second kappa shape index (κ2) is 4.81. The van der Waals surface area contributed by atoms with E-state index in [-0.39, 0.29) is 0 Å². The van der Waals surface area contributed by atoms with Gasteiger partial charge in [-0.3, -0.25) is 0 Å².